The highest BCUT2D eigenvalue weighted by Gasteiger charge is 2.12. The zero-order chi connectivity index (χ0) is 18.4. The molecule has 0 aromatic heterocycles. The molecule has 0 aliphatic heterocycles. The molecule has 0 saturated carbocycles. The molecule has 0 radical (unpaired) electrons. The largest absolute Gasteiger partial charge is 0.504 e. The number of hydrogen-bond donors (Lipinski definition) is 3. The number of rotatable bonds is 7. The summed E-state index contributed by atoms with van der Waals surface area (Å²) in [5.74, 6) is -0.734. The van der Waals surface area contributed by atoms with Gasteiger partial charge in [0.05, 0.1) is 0 Å². The van der Waals surface area contributed by atoms with Crippen LogP contribution in [0.2, 0.25) is 0 Å². The van der Waals surface area contributed by atoms with E-state index in [1.807, 2.05) is 6.92 Å². The number of nitrogens with one attached hydrogen (secondary N) is 1. The summed E-state index contributed by atoms with van der Waals surface area (Å²) < 4.78 is 0. The number of hydrogen-bond acceptors (Lipinski definition) is 6. The quantitative estimate of drug-likeness (QED) is 0.401. The van der Waals surface area contributed by atoms with Crippen LogP contribution in [-0.2, 0) is 17.9 Å². The summed E-state index contributed by atoms with van der Waals surface area (Å²) in [6.45, 7) is 1.58. The smallest absolute Gasteiger partial charge is 0.294 e. The number of amides is 1. The molecule has 0 saturated heterocycles. The Kier molecular flexibility index (Phi) is 5.78. The standard InChI is InChI=1S/C17H18N2O6/c1-11(7-12-5-6-15(20)16(21)9-12)18-17(22)14-4-2-3-13(8-14)10-25-19(23)24/h2-6,8-9,11,20-21H,7,10H2,1H3,(H,18,22). The van der Waals surface area contributed by atoms with Crippen LogP contribution >= 0.6 is 0 Å². The van der Waals surface area contributed by atoms with Crippen molar-refractivity contribution in [3.8, 4) is 11.5 Å². The Bertz CT molecular complexity index is 777. The van der Waals surface area contributed by atoms with Crippen LogP contribution < -0.4 is 5.32 Å². The van der Waals surface area contributed by atoms with Crippen molar-refractivity contribution in [1.82, 2.24) is 5.32 Å². The van der Waals surface area contributed by atoms with E-state index < -0.39 is 5.09 Å². The van der Waals surface area contributed by atoms with E-state index in [2.05, 4.69) is 10.2 Å². The monoisotopic (exact) mass is 346 g/mol. The van der Waals surface area contributed by atoms with Crippen LogP contribution in [0.3, 0.4) is 0 Å². The lowest BCUT2D eigenvalue weighted by Gasteiger charge is -2.15. The van der Waals surface area contributed by atoms with Gasteiger partial charge in [0.25, 0.3) is 11.0 Å². The first-order valence-corrected chi connectivity index (χ1v) is 7.53. The van der Waals surface area contributed by atoms with Gasteiger partial charge in [-0.3, -0.25) is 4.79 Å². The molecule has 0 fully saturated rings. The van der Waals surface area contributed by atoms with E-state index in [-0.39, 0.29) is 30.1 Å². The number of carbonyl (C=O) groups excluding carboxylic acids is 1. The number of carbonyl (C=O) groups is 1. The molecule has 3 N–H and O–H groups in total. The molecule has 132 valence electrons. The topological polar surface area (TPSA) is 122 Å². The van der Waals surface area contributed by atoms with Gasteiger partial charge < -0.3 is 20.4 Å². The van der Waals surface area contributed by atoms with Crippen LogP contribution in [0.5, 0.6) is 11.5 Å². The third kappa shape index (κ3) is 5.38. The molecule has 25 heavy (non-hydrogen) atoms. The molecule has 8 nitrogen and oxygen atoms in total. The maximum Gasteiger partial charge on any atom is 0.294 e. The Hall–Kier alpha value is -3.29. The third-order valence-corrected chi connectivity index (χ3v) is 3.49. The average molecular weight is 346 g/mol. The molecule has 2 rings (SSSR count). The highest BCUT2D eigenvalue weighted by molar-refractivity contribution is 5.94. The average Bonchev–Trinajstić information content (AvgIpc) is 2.56. The van der Waals surface area contributed by atoms with Crippen LogP contribution in [0.4, 0.5) is 0 Å². The van der Waals surface area contributed by atoms with Crippen LogP contribution in [0.25, 0.3) is 0 Å². The second kappa shape index (κ2) is 8.00. The zero-order valence-corrected chi connectivity index (χ0v) is 13.5. The Morgan fingerprint density at radius 2 is 1.96 bits per heavy atom. The minimum atomic E-state index is -0.887. The van der Waals surface area contributed by atoms with Crippen molar-refractivity contribution in [3.63, 3.8) is 0 Å². The molecule has 1 unspecified atom stereocenters. The minimum absolute atomic E-state index is 0.200. The number of phenols is 2. The lowest BCUT2D eigenvalue weighted by atomic mass is 10.1. The molecule has 8 heteroatoms. The second-order valence-corrected chi connectivity index (χ2v) is 5.60. The van der Waals surface area contributed by atoms with Gasteiger partial charge >= 0.3 is 0 Å². The van der Waals surface area contributed by atoms with Gasteiger partial charge in [0.2, 0.25) is 0 Å². The summed E-state index contributed by atoms with van der Waals surface area (Å²) in [5.41, 5.74) is 1.64. The first-order valence-electron chi connectivity index (χ1n) is 7.53. The van der Waals surface area contributed by atoms with Crippen LogP contribution in [0.15, 0.2) is 42.5 Å². The third-order valence-electron chi connectivity index (χ3n) is 3.49. The van der Waals surface area contributed by atoms with Gasteiger partial charge in [-0.1, -0.05) is 18.2 Å². The number of nitrogens with zero attached hydrogens (tertiary/aromatic N) is 1. The van der Waals surface area contributed by atoms with E-state index in [0.717, 1.165) is 5.56 Å². The van der Waals surface area contributed by atoms with Crippen molar-refractivity contribution in [1.29, 1.82) is 0 Å². The number of benzene rings is 2. The van der Waals surface area contributed by atoms with Crippen molar-refractivity contribution in [2.75, 3.05) is 0 Å². The van der Waals surface area contributed by atoms with Gasteiger partial charge in [-0.2, -0.15) is 0 Å². The van der Waals surface area contributed by atoms with Crippen LogP contribution in [0, 0.1) is 10.1 Å². The molecule has 0 spiro atoms. The molecule has 0 bridgehead atoms. The van der Waals surface area contributed by atoms with E-state index in [1.165, 1.54) is 18.2 Å². The lowest BCUT2D eigenvalue weighted by Crippen LogP contribution is -2.34. The molecule has 1 amide bonds. The fourth-order valence-corrected chi connectivity index (χ4v) is 2.34. The van der Waals surface area contributed by atoms with Crippen molar-refractivity contribution < 1.29 is 24.9 Å². The molecular weight excluding hydrogens is 328 g/mol. The summed E-state index contributed by atoms with van der Waals surface area (Å²) in [4.78, 5) is 26.8. The fraction of sp³-hybridized carbons (Fsp3) is 0.235. The van der Waals surface area contributed by atoms with Gasteiger partial charge in [-0.05, 0) is 48.7 Å². The highest BCUT2D eigenvalue weighted by Crippen LogP contribution is 2.25. The summed E-state index contributed by atoms with van der Waals surface area (Å²) in [6.07, 6.45) is 0.462. The fourth-order valence-electron chi connectivity index (χ4n) is 2.34. The predicted octanol–water partition coefficient (Wildman–Crippen LogP) is 2.17. The lowest BCUT2D eigenvalue weighted by molar-refractivity contribution is -0.763. The van der Waals surface area contributed by atoms with E-state index in [4.69, 9.17) is 0 Å². The molecule has 1 atom stereocenters. The maximum atomic E-state index is 12.3. The normalized spacial score (nSPS) is 11.6. The van der Waals surface area contributed by atoms with Gasteiger partial charge in [-0.25, -0.2) is 0 Å². The van der Waals surface area contributed by atoms with E-state index in [9.17, 15) is 25.1 Å². The summed E-state index contributed by atoms with van der Waals surface area (Å²) in [7, 11) is 0. The van der Waals surface area contributed by atoms with E-state index >= 15 is 0 Å². The van der Waals surface area contributed by atoms with Gasteiger partial charge in [0.1, 0.15) is 6.61 Å². The Morgan fingerprint density at radius 3 is 2.64 bits per heavy atom. The molecule has 0 aliphatic carbocycles. The first kappa shape index (κ1) is 18.1. The molecule has 0 heterocycles. The highest BCUT2D eigenvalue weighted by atomic mass is 16.9. The summed E-state index contributed by atoms with van der Waals surface area (Å²) in [5, 5.41) is 31.0. The first-order chi connectivity index (χ1) is 11.8. The summed E-state index contributed by atoms with van der Waals surface area (Å²) >= 11 is 0. The Morgan fingerprint density at radius 1 is 1.20 bits per heavy atom. The number of phenolic OH excluding ortho intramolecular Hbond substituents is 2. The van der Waals surface area contributed by atoms with Gasteiger partial charge in [0, 0.05) is 11.6 Å². The molecule has 2 aromatic carbocycles. The SMILES string of the molecule is CC(Cc1ccc(O)c(O)c1)NC(=O)c1cccc(CO[N+](=O)[O-])c1. The van der Waals surface area contributed by atoms with E-state index in [1.54, 1.807) is 24.3 Å². The zero-order valence-electron chi connectivity index (χ0n) is 13.5. The van der Waals surface area contributed by atoms with Crippen molar-refractivity contribution in [3.05, 3.63) is 69.3 Å². The van der Waals surface area contributed by atoms with Crippen LogP contribution in [0.1, 0.15) is 28.4 Å². The maximum absolute atomic E-state index is 12.3. The van der Waals surface area contributed by atoms with Gasteiger partial charge in [0.15, 0.2) is 11.5 Å². The second-order valence-electron chi connectivity index (χ2n) is 5.60. The summed E-state index contributed by atoms with van der Waals surface area (Å²) in [6, 6.07) is 10.6. The van der Waals surface area contributed by atoms with Crippen molar-refractivity contribution >= 4 is 5.91 Å². The molecule has 2 aromatic rings. The van der Waals surface area contributed by atoms with Crippen LogP contribution in [-0.4, -0.2) is 27.2 Å². The minimum Gasteiger partial charge on any atom is -0.504 e. The Balaban J connectivity index is 1.97. The van der Waals surface area contributed by atoms with Crippen molar-refractivity contribution in [2.24, 2.45) is 0 Å². The molecule has 0 aliphatic rings. The van der Waals surface area contributed by atoms with Gasteiger partial charge in [-0.15, -0.1) is 10.1 Å². The van der Waals surface area contributed by atoms with E-state index in [0.29, 0.717) is 17.5 Å². The van der Waals surface area contributed by atoms with Crippen molar-refractivity contribution in [2.45, 2.75) is 26.0 Å². The number of aromatic hydroxyl groups is 2. The Labute approximate surface area is 143 Å². The molecular formula is C17H18N2O6. The predicted molar refractivity (Wildman–Crippen MR) is 88.6 cm³/mol.